The van der Waals surface area contributed by atoms with Crippen LogP contribution in [0.15, 0.2) is 243 Å². The van der Waals surface area contributed by atoms with Crippen LogP contribution in [0.4, 0.5) is 0 Å². The number of hydrogen-bond acceptors (Lipinski definition) is 5. The number of fused-ring (bicyclic) bond motifs is 3. The van der Waals surface area contributed by atoms with Crippen molar-refractivity contribution in [2.24, 2.45) is 0 Å². The van der Waals surface area contributed by atoms with Gasteiger partial charge < -0.3 is 4.57 Å². The molecule has 6 heteroatoms. The molecule has 4 aromatic heterocycles. The summed E-state index contributed by atoms with van der Waals surface area (Å²) in [6, 6.07) is 76.6. The van der Waals surface area contributed by atoms with Crippen molar-refractivity contribution in [3.05, 3.63) is 243 Å². The van der Waals surface area contributed by atoms with Crippen LogP contribution in [0.25, 0.3) is 117 Å². The minimum atomic E-state index is 0.591. The zero-order valence-electron chi connectivity index (χ0n) is 36.3. The predicted molar refractivity (Wildman–Crippen MR) is 273 cm³/mol. The number of pyridine rings is 2. The van der Waals surface area contributed by atoms with E-state index in [9.17, 15) is 0 Å². The van der Waals surface area contributed by atoms with Crippen LogP contribution in [-0.2, 0) is 0 Å². The van der Waals surface area contributed by atoms with Crippen molar-refractivity contribution in [2.45, 2.75) is 0 Å². The molecule has 314 valence electrons. The molecule has 0 saturated carbocycles. The third kappa shape index (κ3) is 7.62. The van der Waals surface area contributed by atoms with Crippen molar-refractivity contribution in [3.63, 3.8) is 0 Å². The average molecular weight is 857 g/mol. The van der Waals surface area contributed by atoms with E-state index in [4.69, 9.17) is 15.0 Å². The Hall–Kier alpha value is -9.13. The maximum atomic E-state index is 5.26. The van der Waals surface area contributed by atoms with Crippen molar-refractivity contribution in [2.75, 3.05) is 0 Å². The summed E-state index contributed by atoms with van der Waals surface area (Å²) >= 11 is 0. The average Bonchev–Trinajstić information content (AvgIpc) is 3.76. The molecule has 0 atom stereocenters. The van der Waals surface area contributed by atoms with E-state index in [1.54, 1.807) is 12.4 Å². The summed E-state index contributed by atoms with van der Waals surface area (Å²) in [5, 5.41) is 2.38. The molecule has 12 aromatic rings. The van der Waals surface area contributed by atoms with E-state index >= 15 is 0 Å². The number of hydrogen-bond donors (Lipinski definition) is 0. The van der Waals surface area contributed by atoms with Crippen LogP contribution in [-0.4, -0.2) is 29.5 Å². The number of rotatable bonds is 9. The lowest BCUT2D eigenvalue weighted by molar-refractivity contribution is 1.07. The van der Waals surface area contributed by atoms with Crippen molar-refractivity contribution in [1.82, 2.24) is 29.5 Å². The third-order valence-corrected chi connectivity index (χ3v) is 12.4. The lowest BCUT2D eigenvalue weighted by Gasteiger charge is -2.13. The third-order valence-electron chi connectivity index (χ3n) is 12.4. The molecule has 0 unspecified atom stereocenters. The summed E-state index contributed by atoms with van der Waals surface area (Å²) in [7, 11) is 0. The molecule has 0 aliphatic carbocycles. The van der Waals surface area contributed by atoms with Crippen LogP contribution in [0.3, 0.4) is 0 Å². The molecule has 67 heavy (non-hydrogen) atoms. The lowest BCUT2D eigenvalue weighted by Crippen LogP contribution is -2.00. The van der Waals surface area contributed by atoms with Gasteiger partial charge in [-0.15, -0.1) is 0 Å². The molecule has 12 rings (SSSR count). The van der Waals surface area contributed by atoms with Gasteiger partial charge in [0.1, 0.15) is 0 Å². The fourth-order valence-electron chi connectivity index (χ4n) is 9.19. The van der Waals surface area contributed by atoms with Crippen LogP contribution in [0.5, 0.6) is 0 Å². The molecule has 0 amide bonds. The summed E-state index contributed by atoms with van der Waals surface area (Å²) in [5.41, 5.74) is 17.0. The highest BCUT2D eigenvalue weighted by Crippen LogP contribution is 2.41. The van der Waals surface area contributed by atoms with Gasteiger partial charge in [-0.05, 0) is 117 Å². The zero-order chi connectivity index (χ0) is 44.5. The quantitative estimate of drug-likeness (QED) is 0.145. The van der Waals surface area contributed by atoms with Gasteiger partial charge in [0.2, 0.25) is 0 Å². The highest BCUT2D eigenvalue weighted by molar-refractivity contribution is 6.16. The first kappa shape index (κ1) is 39.5. The molecule has 8 aromatic carbocycles. The molecule has 0 spiro atoms. The zero-order valence-corrected chi connectivity index (χ0v) is 36.3. The molecule has 0 saturated heterocycles. The topological polar surface area (TPSA) is 69.4 Å². The largest absolute Gasteiger partial charge is 0.309 e. The van der Waals surface area contributed by atoms with Gasteiger partial charge in [0.05, 0.1) is 11.0 Å². The number of aromatic nitrogens is 6. The fraction of sp³-hybridized carbons (Fsp3) is 0. The first-order valence-corrected chi connectivity index (χ1v) is 22.4. The second-order valence-corrected chi connectivity index (χ2v) is 16.6. The van der Waals surface area contributed by atoms with Gasteiger partial charge in [-0.3, -0.25) is 9.97 Å². The monoisotopic (exact) mass is 856 g/mol. The van der Waals surface area contributed by atoms with Crippen LogP contribution < -0.4 is 0 Å². The highest BCUT2D eigenvalue weighted by atomic mass is 15.0. The standard InChI is InChI=1S/C61H40N6/c1-4-15-41(16-5-1)44-29-30-56-55(38-44)58-54(27-12-28-57(58)67(56)53-25-8-3-9-26-53)45-20-11-22-47(34-45)61-65-59(42-17-6-2-7-18-42)64-60(66-61)46-21-10-19-43(33-46)50-35-51(48-23-13-31-62-39-48)37-52(36-50)49-24-14-32-63-40-49/h1-40H. The minimum Gasteiger partial charge on any atom is -0.309 e. The molecule has 0 aliphatic rings. The smallest absolute Gasteiger partial charge is 0.164 e. The van der Waals surface area contributed by atoms with Crippen molar-refractivity contribution < 1.29 is 0 Å². The van der Waals surface area contributed by atoms with Gasteiger partial charge >= 0.3 is 0 Å². The first-order valence-electron chi connectivity index (χ1n) is 22.4. The van der Waals surface area contributed by atoms with Gasteiger partial charge in [0, 0.05) is 69.1 Å². The molecular formula is C61H40N6. The summed E-state index contributed by atoms with van der Waals surface area (Å²) in [6.07, 6.45) is 7.41. The first-order chi connectivity index (χ1) is 33.2. The SMILES string of the molecule is c1ccc(-c2ccc3c(c2)c2c(-c4cccc(-c5nc(-c6ccccc6)nc(-c6cccc(-c7cc(-c8cccnc8)cc(-c8cccnc8)c7)c6)n5)c4)cccc2n3-c2ccccc2)cc1. The van der Waals surface area contributed by atoms with Gasteiger partial charge in [-0.1, -0.05) is 146 Å². The molecule has 0 radical (unpaired) electrons. The number of para-hydroxylation sites is 1. The Bertz CT molecular complexity index is 3660. The van der Waals surface area contributed by atoms with E-state index in [-0.39, 0.29) is 0 Å². The van der Waals surface area contributed by atoms with Gasteiger partial charge in [0.15, 0.2) is 17.5 Å². The summed E-state index contributed by atoms with van der Waals surface area (Å²) in [6.45, 7) is 0. The fourth-order valence-corrected chi connectivity index (χ4v) is 9.19. The summed E-state index contributed by atoms with van der Waals surface area (Å²) in [4.78, 5) is 24.4. The van der Waals surface area contributed by atoms with Gasteiger partial charge in [-0.25, -0.2) is 15.0 Å². The minimum absolute atomic E-state index is 0.591. The van der Waals surface area contributed by atoms with Crippen molar-refractivity contribution in [1.29, 1.82) is 0 Å². The second-order valence-electron chi connectivity index (χ2n) is 16.6. The maximum Gasteiger partial charge on any atom is 0.164 e. The number of benzene rings is 8. The van der Waals surface area contributed by atoms with E-state index in [0.29, 0.717) is 17.5 Å². The van der Waals surface area contributed by atoms with Gasteiger partial charge in [-0.2, -0.15) is 0 Å². The summed E-state index contributed by atoms with van der Waals surface area (Å²) in [5.74, 6) is 1.79. The highest BCUT2D eigenvalue weighted by Gasteiger charge is 2.19. The van der Waals surface area contributed by atoms with E-state index in [2.05, 4.69) is 190 Å². The Morgan fingerprint density at radius 2 is 0.746 bits per heavy atom. The summed E-state index contributed by atoms with van der Waals surface area (Å²) < 4.78 is 2.38. The van der Waals surface area contributed by atoms with Gasteiger partial charge in [0.25, 0.3) is 0 Å². The van der Waals surface area contributed by atoms with E-state index < -0.39 is 0 Å². The second kappa shape index (κ2) is 17.1. The van der Waals surface area contributed by atoms with Crippen molar-refractivity contribution in [3.8, 4) is 95.5 Å². The van der Waals surface area contributed by atoms with E-state index in [1.165, 1.54) is 21.9 Å². The van der Waals surface area contributed by atoms with Crippen molar-refractivity contribution >= 4 is 21.8 Å². The Morgan fingerprint density at radius 3 is 1.36 bits per heavy atom. The Balaban J connectivity index is 1.00. The molecular weight excluding hydrogens is 817 g/mol. The van der Waals surface area contributed by atoms with E-state index in [0.717, 1.165) is 77.9 Å². The van der Waals surface area contributed by atoms with Crippen LogP contribution in [0.1, 0.15) is 0 Å². The molecule has 0 fully saturated rings. The molecule has 0 bridgehead atoms. The lowest BCUT2D eigenvalue weighted by atomic mass is 9.93. The van der Waals surface area contributed by atoms with Crippen LogP contribution >= 0.6 is 0 Å². The predicted octanol–water partition coefficient (Wildman–Crippen LogP) is 15.1. The molecule has 0 N–H and O–H groups in total. The number of nitrogens with zero attached hydrogens (tertiary/aromatic N) is 6. The maximum absolute atomic E-state index is 5.26. The Morgan fingerprint density at radius 1 is 0.284 bits per heavy atom. The van der Waals surface area contributed by atoms with E-state index in [1.807, 2.05) is 54.9 Å². The molecule has 4 heterocycles. The molecule has 0 aliphatic heterocycles. The Kier molecular flexibility index (Phi) is 10.1. The van der Waals surface area contributed by atoms with Crippen LogP contribution in [0.2, 0.25) is 0 Å². The normalized spacial score (nSPS) is 11.3. The molecule has 6 nitrogen and oxygen atoms in total. The van der Waals surface area contributed by atoms with Crippen LogP contribution in [0, 0.1) is 0 Å². The Labute approximate surface area is 388 Å².